The molecule has 3 aromatic rings. The van der Waals surface area contributed by atoms with Crippen LogP contribution in [0.15, 0.2) is 46.3 Å². The molecule has 0 aliphatic rings. The Bertz CT molecular complexity index is 857. The predicted octanol–water partition coefficient (Wildman–Crippen LogP) is 4.22. The van der Waals surface area contributed by atoms with Crippen LogP contribution in [-0.4, -0.2) is 35.0 Å². The number of rotatable bonds is 7. The van der Waals surface area contributed by atoms with Crippen LogP contribution in [0.4, 0.5) is 0 Å². The molecule has 0 aliphatic heterocycles. The minimum atomic E-state index is 0. The van der Waals surface area contributed by atoms with Gasteiger partial charge in [-0.3, -0.25) is 4.99 Å². The van der Waals surface area contributed by atoms with Crippen LogP contribution < -0.4 is 10.6 Å². The summed E-state index contributed by atoms with van der Waals surface area (Å²) in [6.45, 7) is 8.83. The molecule has 0 spiro atoms. The average molecular weight is 497 g/mol. The van der Waals surface area contributed by atoms with Gasteiger partial charge in [0.15, 0.2) is 5.96 Å². The van der Waals surface area contributed by atoms with E-state index in [2.05, 4.69) is 71.0 Å². The van der Waals surface area contributed by atoms with Crippen molar-refractivity contribution in [2.24, 2.45) is 4.99 Å². The van der Waals surface area contributed by atoms with Crippen LogP contribution in [0.1, 0.15) is 36.6 Å². The van der Waals surface area contributed by atoms with Gasteiger partial charge in [0.05, 0.1) is 5.69 Å². The molecule has 1 unspecified atom stereocenters. The Labute approximate surface area is 182 Å². The summed E-state index contributed by atoms with van der Waals surface area (Å²) in [5.74, 6) is 1.30. The van der Waals surface area contributed by atoms with Crippen molar-refractivity contribution in [1.29, 1.82) is 0 Å². The van der Waals surface area contributed by atoms with Gasteiger partial charge >= 0.3 is 0 Å². The zero-order valence-corrected chi connectivity index (χ0v) is 19.3. The number of nitrogens with zero attached hydrogens (tertiary/aromatic N) is 3. The van der Waals surface area contributed by atoms with E-state index < -0.39 is 0 Å². The molecule has 0 aliphatic carbocycles. The summed E-state index contributed by atoms with van der Waals surface area (Å²) in [6, 6.07) is 6.32. The summed E-state index contributed by atoms with van der Waals surface area (Å²) in [7, 11) is 0. The lowest BCUT2D eigenvalue weighted by Crippen LogP contribution is -2.38. The molecule has 0 saturated heterocycles. The lowest BCUT2D eigenvalue weighted by Gasteiger charge is -2.12. The predicted molar refractivity (Wildman–Crippen MR) is 126 cm³/mol. The molecule has 27 heavy (non-hydrogen) atoms. The number of imidazole rings is 1. The van der Waals surface area contributed by atoms with Crippen molar-refractivity contribution in [3.05, 3.63) is 58.2 Å². The molecule has 1 atom stereocenters. The van der Waals surface area contributed by atoms with Crippen molar-refractivity contribution in [3.8, 4) is 0 Å². The molecule has 0 aromatic carbocycles. The van der Waals surface area contributed by atoms with Crippen molar-refractivity contribution in [1.82, 2.24) is 20.0 Å². The van der Waals surface area contributed by atoms with Gasteiger partial charge in [-0.1, -0.05) is 13.0 Å². The molecule has 146 valence electrons. The zero-order chi connectivity index (χ0) is 18.4. The minimum absolute atomic E-state index is 0. The molecule has 7 heteroatoms. The summed E-state index contributed by atoms with van der Waals surface area (Å²) in [6.07, 6.45) is 5.02. The normalized spacial score (nSPS) is 12.6. The van der Waals surface area contributed by atoms with Crippen LogP contribution >= 0.6 is 35.3 Å². The second-order valence-corrected chi connectivity index (χ2v) is 7.29. The highest BCUT2D eigenvalue weighted by molar-refractivity contribution is 14.0. The monoisotopic (exact) mass is 497 g/mol. The van der Waals surface area contributed by atoms with Gasteiger partial charge in [-0.15, -0.1) is 24.0 Å². The quantitative estimate of drug-likeness (QED) is 0.292. The van der Waals surface area contributed by atoms with Gasteiger partial charge < -0.3 is 15.0 Å². The van der Waals surface area contributed by atoms with Gasteiger partial charge in [-0.05, 0) is 47.9 Å². The first-order valence-electron chi connectivity index (χ1n) is 9.15. The second kappa shape index (κ2) is 10.7. The number of aliphatic imine (C=N–C) groups is 1. The van der Waals surface area contributed by atoms with Gasteiger partial charge in [0.1, 0.15) is 5.65 Å². The maximum atomic E-state index is 4.73. The molecule has 5 nitrogen and oxygen atoms in total. The number of guanidine groups is 1. The summed E-state index contributed by atoms with van der Waals surface area (Å²) in [5, 5.41) is 11.1. The van der Waals surface area contributed by atoms with Crippen LogP contribution in [0.25, 0.3) is 5.65 Å². The van der Waals surface area contributed by atoms with Crippen molar-refractivity contribution < 1.29 is 0 Å². The first kappa shape index (κ1) is 21.7. The lowest BCUT2D eigenvalue weighted by molar-refractivity contribution is 0.746. The summed E-state index contributed by atoms with van der Waals surface area (Å²) in [4.78, 5) is 9.46. The molecule has 3 rings (SSSR count). The highest BCUT2D eigenvalue weighted by Crippen LogP contribution is 2.18. The van der Waals surface area contributed by atoms with Gasteiger partial charge in [0.2, 0.25) is 0 Å². The Balaban J connectivity index is 0.00000261. The fourth-order valence-corrected chi connectivity index (χ4v) is 3.65. The van der Waals surface area contributed by atoms with Crippen LogP contribution in [0, 0.1) is 6.92 Å². The van der Waals surface area contributed by atoms with Gasteiger partial charge in [-0.2, -0.15) is 11.3 Å². The summed E-state index contributed by atoms with van der Waals surface area (Å²) >= 11 is 1.74. The zero-order valence-electron chi connectivity index (χ0n) is 16.1. The van der Waals surface area contributed by atoms with Crippen LogP contribution in [-0.2, 0) is 6.42 Å². The molecule has 3 heterocycles. The third-order valence-electron chi connectivity index (χ3n) is 4.38. The number of nitrogens with one attached hydrogen (secondary N) is 2. The Kier molecular flexibility index (Phi) is 8.56. The third kappa shape index (κ3) is 5.93. The molecular formula is C20H28IN5S. The highest BCUT2D eigenvalue weighted by atomic mass is 127. The Morgan fingerprint density at radius 1 is 1.33 bits per heavy atom. The number of thiophene rings is 1. The lowest BCUT2D eigenvalue weighted by atomic mass is 10.1. The largest absolute Gasteiger partial charge is 0.357 e. The summed E-state index contributed by atoms with van der Waals surface area (Å²) < 4.78 is 2.09. The minimum Gasteiger partial charge on any atom is -0.357 e. The van der Waals surface area contributed by atoms with Crippen molar-refractivity contribution in [2.45, 2.75) is 33.1 Å². The van der Waals surface area contributed by atoms with Crippen LogP contribution in [0.2, 0.25) is 0 Å². The number of aryl methyl sites for hydroxylation is 1. The van der Waals surface area contributed by atoms with Crippen molar-refractivity contribution >= 4 is 46.9 Å². The molecule has 2 N–H and O–H groups in total. The van der Waals surface area contributed by atoms with E-state index in [1.807, 2.05) is 6.20 Å². The standard InChI is InChI=1S/C20H27N5S.HI/c1-4-21-20(23-12-16(3)17-8-11-26-14-17)22-9-7-18-13-25-10-5-6-15(2)19(25)24-18;/h5-6,8,10-11,13-14,16H,4,7,9,12H2,1-3H3,(H2,21,22,23);1H. The van der Waals surface area contributed by atoms with Crippen molar-refractivity contribution in [3.63, 3.8) is 0 Å². The maximum absolute atomic E-state index is 4.73. The smallest absolute Gasteiger partial charge is 0.191 e. The number of hydrogen-bond donors (Lipinski definition) is 2. The fraction of sp³-hybridized carbons (Fsp3) is 0.400. The first-order chi connectivity index (χ1) is 12.7. The second-order valence-electron chi connectivity index (χ2n) is 6.51. The fourth-order valence-electron chi connectivity index (χ4n) is 2.86. The number of hydrogen-bond acceptors (Lipinski definition) is 3. The topological polar surface area (TPSA) is 53.7 Å². The van der Waals surface area contributed by atoms with E-state index in [0.29, 0.717) is 5.92 Å². The van der Waals surface area contributed by atoms with Crippen LogP contribution in [0.5, 0.6) is 0 Å². The molecule has 3 aromatic heterocycles. The average Bonchev–Trinajstić information content (AvgIpc) is 3.29. The van der Waals surface area contributed by atoms with E-state index in [9.17, 15) is 0 Å². The third-order valence-corrected chi connectivity index (χ3v) is 5.08. The van der Waals surface area contributed by atoms with Gasteiger partial charge in [0.25, 0.3) is 0 Å². The number of halogens is 1. The number of fused-ring (bicyclic) bond motifs is 1. The van der Waals surface area contributed by atoms with E-state index in [4.69, 9.17) is 9.98 Å². The molecule has 0 saturated carbocycles. The van der Waals surface area contributed by atoms with Crippen LogP contribution in [0.3, 0.4) is 0 Å². The Morgan fingerprint density at radius 2 is 2.19 bits per heavy atom. The van der Waals surface area contributed by atoms with E-state index in [1.54, 1.807) is 11.3 Å². The Morgan fingerprint density at radius 3 is 2.89 bits per heavy atom. The van der Waals surface area contributed by atoms with E-state index in [-0.39, 0.29) is 24.0 Å². The van der Waals surface area contributed by atoms with E-state index >= 15 is 0 Å². The van der Waals surface area contributed by atoms with E-state index in [1.165, 1.54) is 11.1 Å². The number of pyridine rings is 1. The molecule has 0 bridgehead atoms. The molecule has 0 fully saturated rings. The van der Waals surface area contributed by atoms with Crippen molar-refractivity contribution in [2.75, 3.05) is 19.6 Å². The SMILES string of the molecule is CCNC(=NCC(C)c1ccsc1)NCCc1cn2cccc(C)c2n1.I. The van der Waals surface area contributed by atoms with Gasteiger partial charge in [-0.25, -0.2) is 4.98 Å². The maximum Gasteiger partial charge on any atom is 0.191 e. The first-order valence-corrected chi connectivity index (χ1v) is 10.1. The van der Waals surface area contributed by atoms with Gasteiger partial charge in [0, 0.05) is 44.4 Å². The molecule has 0 amide bonds. The Hall–Kier alpha value is -1.61. The number of aromatic nitrogens is 2. The molecule has 0 radical (unpaired) electrons. The van der Waals surface area contributed by atoms with E-state index in [0.717, 1.165) is 43.4 Å². The highest BCUT2D eigenvalue weighted by Gasteiger charge is 2.07. The summed E-state index contributed by atoms with van der Waals surface area (Å²) in [5.41, 5.74) is 4.68. The molecular weight excluding hydrogens is 469 g/mol.